The number of carbonyl (C=O) groups excluding carboxylic acids is 1. The molecule has 0 bridgehead atoms. The number of aliphatic hydroxyl groups excluding tert-OH is 2. The lowest BCUT2D eigenvalue weighted by atomic mass is 10.0. The zero-order valence-corrected chi connectivity index (χ0v) is 33.7. The number of amides is 1. The van der Waals surface area contributed by atoms with Crippen molar-refractivity contribution in [2.24, 2.45) is 0 Å². The molecule has 0 aromatic heterocycles. The molecule has 2 unspecified atom stereocenters. The monoisotopic (exact) mass is 702 g/mol. The van der Waals surface area contributed by atoms with Crippen molar-refractivity contribution in [2.45, 2.75) is 244 Å². The summed E-state index contributed by atoms with van der Waals surface area (Å²) in [5, 5.41) is 22.9. The molecule has 50 heavy (non-hydrogen) atoms. The van der Waals surface area contributed by atoms with E-state index in [0.717, 1.165) is 38.5 Å². The van der Waals surface area contributed by atoms with Crippen LogP contribution in [0.4, 0.5) is 0 Å². The Labute approximate surface area is 312 Å². The molecule has 0 aromatic rings. The maximum Gasteiger partial charge on any atom is 0.220 e. The first-order valence-corrected chi connectivity index (χ1v) is 22.2. The van der Waals surface area contributed by atoms with Gasteiger partial charge in [-0.25, -0.2) is 0 Å². The fourth-order valence-corrected chi connectivity index (χ4v) is 6.67. The Morgan fingerprint density at radius 3 is 1.14 bits per heavy atom. The fraction of sp³-hybridized carbons (Fsp3) is 0.848. The normalized spacial score (nSPS) is 13.3. The lowest BCUT2D eigenvalue weighted by Gasteiger charge is -2.19. The van der Waals surface area contributed by atoms with Crippen LogP contribution in [0.3, 0.4) is 0 Å². The van der Waals surface area contributed by atoms with E-state index in [4.69, 9.17) is 0 Å². The smallest absolute Gasteiger partial charge is 0.220 e. The average Bonchev–Trinajstić information content (AvgIpc) is 3.12. The van der Waals surface area contributed by atoms with E-state index in [1.165, 1.54) is 173 Å². The average molecular weight is 702 g/mol. The standard InChI is InChI=1S/C46H87NO3/c1-3-5-7-9-11-13-15-17-18-19-20-21-22-23-24-25-26-27-28-29-30-32-34-36-38-40-42-46(50)47-44(43-48)45(49)41-39-37-35-33-31-16-14-12-10-8-6-4-2/h10,12,31,33,39,41,44-45,48-49H,3-9,11,13-30,32,34-38,40,42-43H2,1-2H3,(H,47,50)/b12-10+,33-31+,41-39+. The van der Waals surface area contributed by atoms with Crippen molar-refractivity contribution < 1.29 is 15.0 Å². The highest BCUT2D eigenvalue weighted by Gasteiger charge is 2.17. The molecule has 0 saturated carbocycles. The zero-order chi connectivity index (χ0) is 36.4. The van der Waals surface area contributed by atoms with Crippen LogP contribution < -0.4 is 5.32 Å². The van der Waals surface area contributed by atoms with Crippen molar-refractivity contribution in [3.8, 4) is 0 Å². The summed E-state index contributed by atoms with van der Waals surface area (Å²) in [7, 11) is 0. The molecule has 2 atom stereocenters. The third-order valence-electron chi connectivity index (χ3n) is 10.1. The topological polar surface area (TPSA) is 69.6 Å². The van der Waals surface area contributed by atoms with E-state index in [0.29, 0.717) is 6.42 Å². The fourth-order valence-electron chi connectivity index (χ4n) is 6.67. The molecule has 0 heterocycles. The highest BCUT2D eigenvalue weighted by atomic mass is 16.3. The van der Waals surface area contributed by atoms with Crippen molar-refractivity contribution in [2.75, 3.05) is 6.61 Å². The number of allylic oxidation sites excluding steroid dienone is 5. The van der Waals surface area contributed by atoms with E-state index in [9.17, 15) is 15.0 Å². The van der Waals surface area contributed by atoms with Crippen LogP contribution in [0.1, 0.15) is 232 Å². The molecule has 4 heteroatoms. The van der Waals surface area contributed by atoms with E-state index >= 15 is 0 Å². The lowest BCUT2D eigenvalue weighted by Crippen LogP contribution is -2.45. The van der Waals surface area contributed by atoms with Gasteiger partial charge in [0, 0.05) is 6.42 Å². The van der Waals surface area contributed by atoms with Gasteiger partial charge in [0.25, 0.3) is 0 Å². The Balaban J connectivity index is 3.49. The summed E-state index contributed by atoms with van der Waals surface area (Å²) >= 11 is 0. The lowest BCUT2D eigenvalue weighted by molar-refractivity contribution is -0.123. The van der Waals surface area contributed by atoms with Crippen LogP contribution in [0.25, 0.3) is 0 Å². The SMILES string of the molecule is CCCC/C=C/CC/C=C/CC/C=C/C(O)C(CO)NC(=O)CCCCCCCCCCCCCCCCCCCCCCCCCCCC. The van der Waals surface area contributed by atoms with Crippen molar-refractivity contribution in [3.63, 3.8) is 0 Å². The summed E-state index contributed by atoms with van der Waals surface area (Å²) in [6.07, 6.45) is 55.5. The van der Waals surface area contributed by atoms with Crippen LogP contribution in [0.5, 0.6) is 0 Å². The first-order valence-electron chi connectivity index (χ1n) is 22.2. The van der Waals surface area contributed by atoms with Crippen molar-refractivity contribution in [1.29, 1.82) is 0 Å². The van der Waals surface area contributed by atoms with Gasteiger partial charge >= 0.3 is 0 Å². The molecule has 0 spiro atoms. The molecule has 0 aliphatic rings. The number of carbonyl (C=O) groups is 1. The van der Waals surface area contributed by atoms with Gasteiger partial charge in [0.15, 0.2) is 0 Å². The van der Waals surface area contributed by atoms with E-state index < -0.39 is 12.1 Å². The predicted molar refractivity (Wildman–Crippen MR) is 221 cm³/mol. The van der Waals surface area contributed by atoms with Crippen LogP contribution >= 0.6 is 0 Å². The van der Waals surface area contributed by atoms with Gasteiger partial charge in [0.1, 0.15) is 0 Å². The van der Waals surface area contributed by atoms with Crippen LogP contribution in [0, 0.1) is 0 Å². The van der Waals surface area contributed by atoms with Crippen molar-refractivity contribution in [1.82, 2.24) is 5.32 Å². The van der Waals surface area contributed by atoms with Crippen molar-refractivity contribution in [3.05, 3.63) is 36.5 Å². The number of nitrogens with one attached hydrogen (secondary N) is 1. The Bertz CT molecular complexity index is 760. The molecule has 0 saturated heterocycles. The second kappa shape index (κ2) is 42.0. The van der Waals surface area contributed by atoms with Gasteiger partial charge in [-0.2, -0.15) is 0 Å². The molecule has 0 aromatic carbocycles. The molecule has 0 fully saturated rings. The third-order valence-corrected chi connectivity index (χ3v) is 10.1. The molecule has 3 N–H and O–H groups in total. The molecular weight excluding hydrogens is 615 g/mol. The van der Waals surface area contributed by atoms with Crippen molar-refractivity contribution >= 4 is 5.91 Å². The second-order valence-electron chi connectivity index (χ2n) is 15.1. The summed E-state index contributed by atoms with van der Waals surface area (Å²) in [4.78, 5) is 12.4. The van der Waals surface area contributed by atoms with Gasteiger partial charge in [0.2, 0.25) is 5.91 Å². The number of hydrogen-bond acceptors (Lipinski definition) is 3. The Morgan fingerprint density at radius 1 is 0.460 bits per heavy atom. The van der Waals surface area contributed by atoms with Gasteiger partial charge < -0.3 is 15.5 Å². The predicted octanol–water partition coefficient (Wildman–Crippen LogP) is 13.8. The van der Waals surface area contributed by atoms with Gasteiger partial charge in [-0.05, 0) is 38.5 Å². The Kier molecular flexibility index (Phi) is 40.9. The first kappa shape index (κ1) is 48.6. The molecule has 0 aliphatic carbocycles. The van der Waals surface area contributed by atoms with E-state index in [1.807, 2.05) is 6.08 Å². The molecule has 0 rings (SSSR count). The first-order chi connectivity index (χ1) is 24.7. The summed E-state index contributed by atoms with van der Waals surface area (Å²) < 4.78 is 0. The van der Waals surface area contributed by atoms with E-state index in [2.05, 4.69) is 43.5 Å². The molecular formula is C46H87NO3. The highest BCUT2D eigenvalue weighted by Crippen LogP contribution is 2.16. The Hall–Kier alpha value is -1.39. The van der Waals surface area contributed by atoms with Gasteiger partial charge in [-0.1, -0.05) is 224 Å². The molecule has 294 valence electrons. The quantitative estimate of drug-likeness (QED) is 0.0440. The third kappa shape index (κ3) is 37.9. The maximum atomic E-state index is 12.4. The minimum Gasteiger partial charge on any atom is -0.394 e. The minimum absolute atomic E-state index is 0.0764. The van der Waals surface area contributed by atoms with Gasteiger partial charge in [-0.15, -0.1) is 0 Å². The number of hydrogen-bond donors (Lipinski definition) is 3. The molecule has 4 nitrogen and oxygen atoms in total. The van der Waals surface area contributed by atoms with Crippen LogP contribution in [0.15, 0.2) is 36.5 Å². The number of rotatable bonds is 40. The highest BCUT2D eigenvalue weighted by molar-refractivity contribution is 5.76. The van der Waals surface area contributed by atoms with E-state index in [-0.39, 0.29) is 12.5 Å². The largest absolute Gasteiger partial charge is 0.394 e. The van der Waals surface area contributed by atoms with E-state index in [1.54, 1.807) is 6.08 Å². The van der Waals surface area contributed by atoms with Gasteiger partial charge in [0.05, 0.1) is 18.8 Å². The van der Waals surface area contributed by atoms with Crippen LogP contribution in [-0.4, -0.2) is 34.9 Å². The summed E-state index contributed by atoms with van der Waals surface area (Å²) in [6.45, 7) is 4.25. The molecule has 0 radical (unpaired) electrons. The Morgan fingerprint density at radius 2 is 0.780 bits per heavy atom. The second-order valence-corrected chi connectivity index (χ2v) is 15.1. The summed E-state index contributed by atoms with van der Waals surface area (Å²) in [5.74, 6) is -0.0764. The van der Waals surface area contributed by atoms with Gasteiger partial charge in [-0.3, -0.25) is 4.79 Å². The van der Waals surface area contributed by atoms with Crippen LogP contribution in [0.2, 0.25) is 0 Å². The number of unbranched alkanes of at least 4 members (excludes halogenated alkanes) is 29. The minimum atomic E-state index is -0.866. The summed E-state index contributed by atoms with van der Waals surface area (Å²) in [6, 6.07) is -0.641. The number of aliphatic hydroxyl groups is 2. The molecule has 0 aliphatic heterocycles. The molecule has 1 amide bonds. The zero-order valence-electron chi connectivity index (χ0n) is 33.7. The maximum absolute atomic E-state index is 12.4. The summed E-state index contributed by atoms with van der Waals surface area (Å²) in [5.41, 5.74) is 0. The van der Waals surface area contributed by atoms with Crippen LogP contribution in [-0.2, 0) is 4.79 Å².